The molecule has 0 amide bonds. The van der Waals surface area contributed by atoms with Crippen molar-refractivity contribution in [1.82, 2.24) is 15.1 Å². The summed E-state index contributed by atoms with van der Waals surface area (Å²) >= 11 is 0. The summed E-state index contributed by atoms with van der Waals surface area (Å²) in [6, 6.07) is 11.7. The molecule has 4 nitrogen and oxygen atoms in total. The summed E-state index contributed by atoms with van der Waals surface area (Å²) in [5.41, 5.74) is 3.43. The second-order valence-corrected chi connectivity index (χ2v) is 5.77. The number of benzene rings is 1. The molecular formula is C16H22N4. The zero-order chi connectivity index (χ0) is 13.9. The van der Waals surface area contributed by atoms with Crippen LogP contribution in [0.2, 0.25) is 0 Å². The van der Waals surface area contributed by atoms with Crippen LogP contribution in [0.5, 0.6) is 0 Å². The minimum Gasteiger partial charge on any atom is -0.381 e. The highest BCUT2D eigenvalue weighted by atomic mass is 15.2. The monoisotopic (exact) mass is 270 g/mol. The van der Waals surface area contributed by atoms with Crippen LogP contribution < -0.4 is 5.32 Å². The highest BCUT2D eigenvalue weighted by Gasteiger charge is 2.23. The Labute approximate surface area is 120 Å². The molecule has 1 aliphatic heterocycles. The van der Waals surface area contributed by atoms with E-state index in [2.05, 4.69) is 58.5 Å². The van der Waals surface area contributed by atoms with Gasteiger partial charge in [0.2, 0.25) is 0 Å². The second kappa shape index (κ2) is 5.67. The second-order valence-electron chi connectivity index (χ2n) is 5.77. The molecule has 0 saturated carbocycles. The molecule has 1 unspecified atom stereocenters. The molecule has 1 aliphatic rings. The van der Waals surface area contributed by atoms with Gasteiger partial charge in [0.1, 0.15) is 0 Å². The molecule has 2 heterocycles. The minimum absolute atomic E-state index is 0.565. The number of anilines is 1. The first kappa shape index (κ1) is 13.2. The van der Waals surface area contributed by atoms with Gasteiger partial charge >= 0.3 is 0 Å². The fraction of sp³-hybridized carbons (Fsp3) is 0.438. The van der Waals surface area contributed by atoms with Gasteiger partial charge in [-0.1, -0.05) is 12.1 Å². The summed E-state index contributed by atoms with van der Waals surface area (Å²) in [4.78, 5) is 2.52. The lowest BCUT2D eigenvalue weighted by molar-refractivity contribution is 0.274. The maximum atomic E-state index is 3.98. The Balaban J connectivity index is 1.62. The predicted molar refractivity (Wildman–Crippen MR) is 82.8 cm³/mol. The number of hydrogen-bond acceptors (Lipinski definition) is 3. The minimum atomic E-state index is 0.565. The van der Waals surface area contributed by atoms with Crippen LogP contribution in [0.3, 0.4) is 0 Å². The quantitative estimate of drug-likeness (QED) is 0.897. The van der Waals surface area contributed by atoms with E-state index in [0.29, 0.717) is 12.1 Å². The lowest BCUT2D eigenvalue weighted by Crippen LogP contribution is -2.31. The van der Waals surface area contributed by atoms with Crippen LogP contribution in [0.4, 0.5) is 5.69 Å². The molecule has 0 bridgehead atoms. The number of likely N-dealkylation sites (tertiary alicyclic amines) is 1. The number of hydrogen-bond donors (Lipinski definition) is 2. The van der Waals surface area contributed by atoms with Crippen LogP contribution in [-0.2, 0) is 0 Å². The topological polar surface area (TPSA) is 44.0 Å². The van der Waals surface area contributed by atoms with Crippen molar-refractivity contribution in [3.63, 3.8) is 0 Å². The number of aromatic nitrogens is 2. The molecule has 4 heteroatoms. The van der Waals surface area contributed by atoms with Gasteiger partial charge in [-0.3, -0.25) is 10.00 Å². The molecule has 0 radical (unpaired) electrons. The Hall–Kier alpha value is -1.81. The van der Waals surface area contributed by atoms with Gasteiger partial charge < -0.3 is 5.32 Å². The van der Waals surface area contributed by atoms with Crippen molar-refractivity contribution in [1.29, 1.82) is 0 Å². The lowest BCUT2D eigenvalue weighted by Gasteiger charge is -2.20. The van der Waals surface area contributed by atoms with Crippen molar-refractivity contribution in [3.05, 3.63) is 36.5 Å². The van der Waals surface area contributed by atoms with E-state index >= 15 is 0 Å². The van der Waals surface area contributed by atoms with E-state index in [1.807, 2.05) is 6.07 Å². The molecular weight excluding hydrogens is 248 g/mol. The molecule has 3 rings (SSSR count). The van der Waals surface area contributed by atoms with E-state index in [1.165, 1.54) is 24.2 Å². The standard InChI is InChI=1S/C16H22N4/c1-12(2)20-10-8-15(11-20)18-14-5-3-13(4-6-14)16-7-9-17-19-16/h3-7,9,12,15,18H,8,10-11H2,1-2H3,(H,17,19). The summed E-state index contributed by atoms with van der Waals surface area (Å²) in [6.45, 7) is 6.87. The number of H-pyrrole nitrogens is 1. The molecule has 1 aromatic heterocycles. The molecule has 1 saturated heterocycles. The van der Waals surface area contributed by atoms with Crippen molar-refractivity contribution in [2.24, 2.45) is 0 Å². The van der Waals surface area contributed by atoms with Crippen LogP contribution >= 0.6 is 0 Å². The first-order valence-corrected chi connectivity index (χ1v) is 7.33. The Morgan fingerprint density at radius 3 is 2.65 bits per heavy atom. The summed E-state index contributed by atoms with van der Waals surface area (Å²) in [5.74, 6) is 0. The van der Waals surface area contributed by atoms with E-state index in [1.54, 1.807) is 6.20 Å². The van der Waals surface area contributed by atoms with Gasteiger partial charge in [0, 0.05) is 37.1 Å². The van der Waals surface area contributed by atoms with E-state index in [0.717, 1.165) is 12.2 Å². The van der Waals surface area contributed by atoms with Gasteiger partial charge in [0.25, 0.3) is 0 Å². The van der Waals surface area contributed by atoms with Crippen molar-refractivity contribution in [3.8, 4) is 11.3 Å². The van der Waals surface area contributed by atoms with E-state index < -0.39 is 0 Å². The van der Waals surface area contributed by atoms with Crippen molar-refractivity contribution < 1.29 is 0 Å². The van der Waals surface area contributed by atoms with Gasteiger partial charge in [0.15, 0.2) is 0 Å². The average Bonchev–Trinajstić information content (AvgIpc) is 3.10. The molecule has 2 N–H and O–H groups in total. The van der Waals surface area contributed by atoms with Gasteiger partial charge in [-0.2, -0.15) is 5.10 Å². The van der Waals surface area contributed by atoms with Crippen LogP contribution in [0.25, 0.3) is 11.3 Å². The Morgan fingerprint density at radius 2 is 2.05 bits per heavy atom. The lowest BCUT2D eigenvalue weighted by atomic mass is 10.1. The highest BCUT2D eigenvalue weighted by Crippen LogP contribution is 2.21. The zero-order valence-corrected chi connectivity index (χ0v) is 12.1. The summed E-state index contributed by atoms with van der Waals surface area (Å²) in [5, 5.41) is 10.6. The predicted octanol–water partition coefficient (Wildman–Crippen LogP) is 2.97. The fourth-order valence-electron chi connectivity index (χ4n) is 2.77. The molecule has 106 valence electrons. The Kier molecular flexibility index (Phi) is 3.74. The van der Waals surface area contributed by atoms with Crippen molar-refractivity contribution in [2.45, 2.75) is 32.4 Å². The van der Waals surface area contributed by atoms with Gasteiger partial charge in [0.05, 0.1) is 5.69 Å². The maximum absolute atomic E-state index is 3.98. The summed E-state index contributed by atoms with van der Waals surface area (Å²) in [7, 11) is 0. The molecule has 0 aliphatic carbocycles. The fourth-order valence-corrected chi connectivity index (χ4v) is 2.77. The molecule has 2 aromatic rings. The van der Waals surface area contributed by atoms with Gasteiger partial charge in [-0.15, -0.1) is 0 Å². The third-order valence-electron chi connectivity index (χ3n) is 4.02. The van der Waals surface area contributed by atoms with E-state index in [-0.39, 0.29) is 0 Å². The van der Waals surface area contributed by atoms with Gasteiger partial charge in [-0.05, 0) is 44.0 Å². The smallest absolute Gasteiger partial charge is 0.0650 e. The zero-order valence-electron chi connectivity index (χ0n) is 12.1. The van der Waals surface area contributed by atoms with Crippen LogP contribution in [0, 0.1) is 0 Å². The third kappa shape index (κ3) is 2.85. The van der Waals surface area contributed by atoms with Crippen LogP contribution in [0.1, 0.15) is 20.3 Å². The van der Waals surface area contributed by atoms with E-state index in [4.69, 9.17) is 0 Å². The molecule has 1 atom stereocenters. The first-order valence-electron chi connectivity index (χ1n) is 7.33. The Morgan fingerprint density at radius 1 is 1.25 bits per heavy atom. The van der Waals surface area contributed by atoms with Crippen molar-refractivity contribution in [2.75, 3.05) is 18.4 Å². The molecule has 20 heavy (non-hydrogen) atoms. The van der Waals surface area contributed by atoms with Crippen molar-refractivity contribution >= 4 is 5.69 Å². The third-order valence-corrected chi connectivity index (χ3v) is 4.02. The average molecular weight is 270 g/mol. The SMILES string of the molecule is CC(C)N1CCC(Nc2ccc(-c3ccn[nH]3)cc2)C1. The summed E-state index contributed by atoms with van der Waals surface area (Å²) in [6.07, 6.45) is 3.00. The molecule has 1 aromatic carbocycles. The van der Waals surface area contributed by atoms with Gasteiger partial charge in [-0.25, -0.2) is 0 Å². The summed E-state index contributed by atoms with van der Waals surface area (Å²) < 4.78 is 0. The molecule has 1 fully saturated rings. The number of aromatic amines is 1. The normalized spacial score (nSPS) is 19.6. The Bertz CT molecular complexity index is 530. The number of nitrogens with one attached hydrogen (secondary N) is 2. The van der Waals surface area contributed by atoms with E-state index in [9.17, 15) is 0 Å². The largest absolute Gasteiger partial charge is 0.381 e. The maximum Gasteiger partial charge on any atom is 0.0650 e. The molecule has 0 spiro atoms. The number of rotatable bonds is 4. The van der Waals surface area contributed by atoms with Crippen LogP contribution in [-0.4, -0.2) is 40.3 Å². The highest BCUT2D eigenvalue weighted by molar-refractivity contribution is 5.62. The van der Waals surface area contributed by atoms with Crippen LogP contribution in [0.15, 0.2) is 36.5 Å². The number of nitrogens with zero attached hydrogens (tertiary/aromatic N) is 2. The first-order chi connectivity index (χ1) is 9.72.